The van der Waals surface area contributed by atoms with Gasteiger partial charge in [0, 0.05) is 24.8 Å². The first-order valence-electron chi connectivity index (χ1n) is 8.34. The van der Waals surface area contributed by atoms with Gasteiger partial charge in [0.1, 0.15) is 5.82 Å². The van der Waals surface area contributed by atoms with Gasteiger partial charge in [0.15, 0.2) is 5.11 Å². The molecule has 0 fully saturated rings. The third-order valence-electron chi connectivity index (χ3n) is 3.83. The van der Waals surface area contributed by atoms with Gasteiger partial charge in [-0.25, -0.2) is 4.98 Å². The number of pyridine rings is 1. The van der Waals surface area contributed by atoms with Gasteiger partial charge in [-0.1, -0.05) is 65.7 Å². The molecule has 0 aliphatic carbocycles. The van der Waals surface area contributed by atoms with Crippen LogP contribution in [0, 0.1) is 0 Å². The van der Waals surface area contributed by atoms with E-state index >= 15 is 0 Å². The molecule has 1 heterocycles. The quantitative estimate of drug-likeness (QED) is 0.463. The topological polar surface area (TPSA) is 49.0 Å². The zero-order chi connectivity index (χ0) is 19.1. The Morgan fingerprint density at radius 1 is 0.926 bits per heavy atom. The number of rotatable bonds is 6. The highest BCUT2D eigenvalue weighted by Gasteiger charge is 2.07. The lowest BCUT2D eigenvalue weighted by atomic mass is 10.2. The summed E-state index contributed by atoms with van der Waals surface area (Å²) >= 11 is 17.6. The van der Waals surface area contributed by atoms with Crippen molar-refractivity contribution in [3.63, 3.8) is 0 Å². The van der Waals surface area contributed by atoms with E-state index < -0.39 is 0 Å². The Morgan fingerprint density at radius 3 is 2.56 bits per heavy atom. The predicted molar refractivity (Wildman–Crippen MR) is 118 cm³/mol. The molecule has 3 aromatic rings. The van der Waals surface area contributed by atoms with Gasteiger partial charge in [0.2, 0.25) is 0 Å². The summed E-state index contributed by atoms with van der Waals surface area (Å²) in [5, 5.41) is 11.0. The summed E-state index contributed by atoms with van der Waals surface area (Å²) in [6, 6.07) is 19.4. The number of aromatic nitrogens is 1. The second-order valence-electron chi connectivity index (χ2n) is 5.76. The Balaban J connectivity index is 1.59. The number of benzene rings is 2. The van der Waals surface area contributed by atoms with Crippen molar-refractivity contribution >= 4 is 52.0 Å². The molecular weight excluding hydrogens is 399 g/mol. The molecule has 3 rings (SSSR count). The number of anilines is 2. The van der Waals surface area contributed by atoms with Gasteiger partial charge < -0.3 is 16.0 Å². The van der Waals surface area contributed by atoms with E-state index in [1.54, 1.807) is 12.3 Å². The van der Waals surface area contributed by atoms with Crippen LogP contribution in [-0.2, 0) is 13.1 Å². The van der Waals surface area contributed by atoms with Crippen molar-refractivity contribution in [2.45, 2.75) is 13.1 Å². The molecule has 3 N–H and O–H groups in total. The molecule has 0 amide bonds. The summed E-state index contributed by atoms with van der Waals surface area (Å²) in [5.74, 6) is 0.817. The Labute approximate surface area is 173 Å². The fraction of sp³-hybridized carbons (Fsp3) is 0.100. The minimum atomic E-state index is 0.440. The lowest BCUT2D eigenvalue weighted by Crippen LogP contribution is -2.28. The lowest BCUT2D eigenvalue weighted by Gasteiger charge is -2.14. The highest BCUT2D eigenvalue weighted by atomic mass is 35.5. The first-order valence-corrected chi connectivity index (χ1v) is 9.50. The highest BCUT2D eigenvalue weighted by molar-refractivity contribution is 7.80. The van der Waals surface area contributed by atoms with Crippen molar-refractivity contribution in [3.05, 3.63) is 88.0 Å². The molecule has 0 saturated heterocycles. The minimum absolute atomic E-state index is 0.440. The number of hydrogen-bond donors (Lipinski definition) is 3. The summed E-state index contributed by atoms with van der Waals surface area (Å²) in [6.45, 7) is 1.22. The molecule has 138 valence electrons. The Hall–Kier alpha value is -2.34. The summed E-state index contributed by atoms with van der Waals surface area (Å²) < 4.78 is 0. The van der Waals surface area contributed by atoms with Crippen LogP contribution >= 0.6 is 35.4 Å². The van der Waals surface area contributed by atoms with Crippen LogP contribution < -0.4 is 16.0 Å². The average molecular weight is 417 g/mol. The number of halogens is 2. The SMILES string of the molecule is S=C(NCc1cccnc1NCc1ccccc1)Nc1cccc(Cl)c1Cl. The largest absolute Gasteiger partial charge is 0.366 e. The van der Waals surface area contributed by atoms with Gasteiger partial charge in [0.25, 0.3) is 0 Å². The highest BCUT2D eigenvalue weighted by Crippen LogP contribution is 2.29. The molecule has 0 unspecified atom stereocenters. The minimum Gasteiger partial charge on any atom is -0.366 e. The van der Waals surface area contributed by atoms with E-state index in [9.17, 15) is 0 Å². The maximum Gasteiger partial charge on any atom is 0.171 e. The molecule has 0 spiro atoms. The van der Waals surface area contributed by atoms with Gasteiger partial charge in [-0.05, 0) is 36.0 Å². The van der Waals surface area contributed by atoms with Gasteiger partial charge >= 0.3 is 0 Å². The number of hydrogen-bond acceptors (Lipinski definition) is 3. The normalized spacial score (nSPS) is 10.3. The van der Waals surface area contributed by atoms with E-state index in [0.29, 0.717) is 33.9 Å². The molecule has 1 aromatic heterocycles. The standard InChI is InChI=1S/C20H18Cl2N4S/c21-16-9-4-10-17(18(16)22)26-20(27)25-13-15-8-5-11-23-19(15)24-12-14-6-2-1-3-7-14/h1-11H,12-13H2,(H,23,24)(H2,25,26,27). The molecule has 0 aliphatic heterocycles. The van der Waals surface area contributed by atoms with Crippen LogP contribution in [0.25, 0.3) is 0 Å². The van der Waals surface area contributed by atoms with E-state index in [2.05, 4.69) is 33.1 Å². The van der Waals surface area contributed by atoms with E-state index in [-0.39, 0.29) is 0 Å². The van der Waals surface area contributed by atoms with Crippen molar-refractivity contribution in [1.29, 1.82) is 0 Å². The smallest absolute Gasteiger partial charge is 0.171 e. The molecule has 0 atom stereocenters. The Bertz CT molecular complexity index is 919. The van der Waals surface area contributed by atoms with Crippen LogP contribution in [0.4, 0.5) is 11.5 Å². The van der Waals surface area contributed by atoms with Crippen LogP contribution in [-0.4, -0.2) is 10.1 Å². The lowest BCUT2D eigenvalue weighted by molar-refractivity contribution is 0.912. The Kier molecular flexibility index (Phi) is 6.87. The summed E-state index contributed by atoms with van der Waals surface area (Å²) in [7, 11) is 0. The predicted octanol–water partition coefficient (Wildman–Crippen LogP) is 5.49. The van der Waals surface area contributed by atoms with E-state index in [4.69, 9.17) is 35.4 Å². The molecule has 4 nitrogen and oxygen atoms in total. The second kappa shape index (κ2) is 9.55. The average Bonchev–Trinajstić information content (AvgIpc) is 2.70. The summed E-state index contributed by atoms with van der Waals surface area (Å²) in [4.78, 5) is 4.43. The maximum atomic E-state index is 6.18. The van der Waals surface area contributed by atoms with E-state index in [1.165, 1.54) is 5.56 Å². The first-order chi connectivity index (χ1) is 13.1. The number of thiocarbonyl (C=S) groups is 1. The van der Waals surface area contributed by atoms with Gasteiger partial charge in [0.05, 0.1) is 15.7 Å². The molecule has 0 radical (unpaired) electrons. The third kappa shape index (κ3) is 5.57. The van der Waals surface area contributed by atoms with Crippen LogP contribution in [0.5, 0.6) is 0 Å². The number of nitrogens with one attached hydrogen (secondary N) is 3. The van der Waals surface area contributed by atoms with Crippen molar-refractivity contribution in [3.8, 4) is 0 Å². The van der Waals surface area contributed by atoms with Gasteiger partial charge in [-0.15, -0.1) is 0 Å². The molecule has 0 aliphatic rings. The van der Waals surface area contributed by atoms with E-state index in [1.807, 2.05) is 42.5 Å². The molecule has 0 bridgehead atoms. The molecule has 27 heavy (non-hydrogen) atoms. The molecule has 7 heteroatoms. The van der Waals surface area contributed by atoms with Gasteiger partial charge in [-0.3, -0.25) is 0 Å². The second-order valence-corrected chi connectivity index (χ2v) is 6.95. The summed E-state index contributed by atoms with van der Waals surface area (Å²) in [5.41, 5.74) is 2.86. The molecule has 2 aromatic carbocycles. The van der Waals surface area contributed by atoms with Crippen LogP contribution in [0.2, 0.25) is 10.0 Å². The van der Waals surface area contributed by atoms with Crippen molar-refractivity contribution in [1.82, 2.24) is 10.3 Å². The third-order valence-corrected chi connectivity index (χ3v) is 4.90. The first kappa shape index (κ1) is 19.4. The van der Waals surface area contributed by atoms with Crippen LogP contribution in [0.1, 0.15) is 11.1 Å². The number of nitrogens with zero attached hydrogens (tertiary/aromatic N) is 1. The van der Waals surface area contributed by atoms with Crippen LogP contribution in [0.15, 0.2) is 66.9 Å². The van der Waals surface area contributed by atoms with Crippen molar-refractivity contribution in [2.75, 3.05) is 10.6 Å². The maximum absolute atomic E-state index is 6.18. The zero-order valence-electron chi connectivity index (χ0n) is 14.4. The summed E-state index contributed by atoms with van der Waals surface area (Å²) in [6.07, 6.45) is 1.76. The monoisotopic (exact) mass is 416 g/mol. The fourth-order valence-electron chi connectivity index (χ4n) is 2.46. The van der Waals surface area contributed by atoms with Crippen molar-refractivity contribution in [2.24, 2.45) is 0 Å². The van der Waals surface area contributed by atoms with E-state index in [0.717, 1.165) is 11.4 Å². The van der Waals surface area contributed by atoms with Crippen LogP contribution in [0.3, 0.4) is 0 Å². The zero-order valence-corrected chi connectivity index (χ0v) is 16.7. The van der Waals surface area contributed by atoms with Gasteiger partial charge in [-0.2, -0.15) is 0 Å². The molecule has 0 saturated carbocycles. The fourth-order valence-corrected chi connectivity index (χ4v) is 2.99. The Morgan fingerprint density at radius 2 is 1.74 bits per heavy atom. The molecular formula is C20H18Cl2N4S. The van der Waals surface area contributed by atoms with Crippen molar-refractivity contribution < 1.29 is 0 Å².